The van der Waals surface area contributed by atoms with Gasteiger partial charge in [-0.3, -0.25) is 4.79 Å². The normalized spacial score (nSPS) is 12.0. The Morgan fingerprint density at radius 2 is 2.50 bits per heavy atom. The highest BCUT2D eigenvalue weighted by Crippen LogP contribution is 2.09. The van der Waals surface area contributed by atoms with Gasteiger partial charge in [-0.1, -0.05) is 0 Å². The largest absolute Gasteiger partial charge is 0.329 e. The number of H-pyrrole nitrogens is 1. The summed E-state index contributed by atoms with van der Waals surface area (Å²) in [5.74, 6) is 0. The van der Waals surface area contributed by atoms with Crippen LogP contribution < -0.4 is 11.3 Å². The molecule has 1 aromatic heterocycles. The van der Waals surface area contributed by atoms with Crippen LogP contribution in [0.2, 0.25) is 0 Å². The molecule has 4 heteroatoms. The second-order valence-corrected chi connectivity index (χ2v) is 2.45. The first-order valence-electron chi connectivity index (χ1n) is 3.55. The zero-order valence-electron chi connectivity index (χ0n) is 6.45. The zero-order chi connectivity index (χ0) is 8.97. The summed E-state index contributed by atoms with van der Waals surface area (Å²) < 4.78 is 0. The maximum atomic E-state index is 10.8. The van der Waals surface area contributed by atoms with Gasteiger partial charge in [0, 0.05) is 18.3 Å². The summed E-state index contributed by atoms with van der Waals surface area (Å²) in [4.78, 5) is 13.3. The summed E-state index contributed by atoms with van der Waals surface area (Å²) in [6.07, 6.45) is 1.75. The number of nitrogens with two attached hydrogens (primary N) is 1. The van der Waals surface area contributed by atoms with E-state index in [4.69, 9.17) is 11.0 Å². The first kappa shape index (κ1) is 8.50. The molecule has 0 saturated carbocycles. The number of aromatic nitrogens is 1. The average Bonchev–Trinajstić information content (AvgIpc) is 2.05. The third-order valence-electron chi connectivity index (χ3n) is 1.54. The van der Waals surface area contributed by atoms with E-state index in [-0.39, 0.29) is 18.0 Å². The van der Waals surface area contributed by atoms with Crippen LogP contribution in [0, 0.1) is 11.3 Å². The SMILES string of the molecule is N#CCC(N)c1cc[nH]c(=O)c1. The van der Waals surface area contributed by atoms with E-state index < -0.39 is 0 Å². The fourth-order valence-corrected chi connectivity index (χ4v) is 0.908. The molecule has 1 atom stereocenters. The van der Waals surface area contributed by atoms with E-state index in [1.807, 2.05) is 6.07 Å². The van der Waals surface area contributed by atoms with Gasteiger partial charge >= 0.3 is 0 Å². The molecule has 1 aromatic rings. The molecule has 1 rings (SSSR count). The van der Waals surface area contributed by atoms with Crippen molar-refractivity contribution in [2.45, 2.75) is 12.5 Å². The van der Waals surface area contributed by atoms with Crippen molar-refractivity contribution < 1.29 is 0 Å². The van der Waals surface area contributed by atoms with E-state index in [9.17, 15) is 4.79 Å². The van der Waals surface area contributed by atoms with Crippen LogP contribution in [0.15, 0.2) is 23.1 Å². The van der Waals surface area contributed by atoms with Gasteiger partial charge in [-0.05, 0) is 11.6 Å². The summed E-state index contributed by atoms with van der Waals surface area (Å²) >= 11 is 0. The maximum absolute atomic E-state index is 10.8. The number of hydrogen-bond donors (Lipinski definition) is 2. The highest BCUT2D eigenvalue weighted by atomic mass is 16.1. The van der Waals surface area contributed by atoms with Crippen molar-refractivity contribution in [2.75, 3.05) is 0 Å². The molecule has 4 nitrogen and oxygen atoms in total. The van der Waals surface area contributed by atoms with Crippen molar-refractivity contribution in [1.82, 2.24) is 4.98 Å². The van der Waals surface area contributed by atoms with E-state index >= 15 is 0 Å². The van der Waals surface area contributed by atoms with E-state index in [0.717, 1.165) is 0 Å². The topological polar surface area (TPSA) is 82.7 Å². The van der Waals surface area contributed by atoms with Gasteiger partial charge in [-0.15, -0.1) is 0 Å². The predicted molar refractivity (Wildman–Crippen MR) is 44.2 cm³/mol. The van der Waals surface area contributed by atoms with Gasteiger partial charge in [0.15, 0.2) is 0 Å². The molecule has 62 valence electrons. The molecule has 0 radical (unpaired) electrons. The van der Waals surface area contributed by atoms with Gasteiger partial charge in [0.05, 0.1) is 12.5 Å². The minimum absolute atomic E-state index is 0.194. The monoisotopic (exact) mass is 163 g/mol. The average molecular weight is 163 g/mol. The highest BCUT2D eigenvalue weighted by molar-refractivity contribution is 5.15. The first-order chi connectivity index (χ1) is 5.74. The van der Waals surface area contributed by atoms with Gasteiger partial charge in [-0.2, -0.15) is 5.26 Å². The number of aromatic amines is 1. The Hall–Kier alpha value is -1.60. The van der Waals surface area contributed by atoms with Gasteiger partial charge in [0.25, 0.3) is 0 Å². The summed E-state index contributed by atoms with van der Waals surface area (Å²) in [6, 6.07) is 4.69. The van der Waals surface area contributed by atoms with E-state index in [1.54, 1.807) is 6.07 Å². The molecular weight excluding hydrogens is 154 g/mol. The van der Waals surface area contributed by atoms with Crippen LogP contribution in [0.4, 0.5) is 0 Å². The van der Waals surface area contributed by atoms with Crippen LogP contribution in [0.25, 0.3) is 0 Å². The summed E-state index contributed by atoms with van der Waals surface area (Å²) in [7, 11) is 0. The van der Waals surface area contributed by atoms with Crippen molar-refractivity contribution in [3.8, 4) is 6.07 Å². The van der Waals surface area contributed by atoms with Crippen LogP contribution in [-0.4, -0.2) is 4.98 Å². The molecule has 0 saturated heterocycles. The minimum atomic E-state index is -0.364. The van der Waals surface area contributed by atoms with Gasteiger partial charge in [0.2, 0.25) is 5.56 Å². The fourth-order valence-electron chi connectivity index (χ4n) is 0.908. The summed E-state index contributed by atoms with van der Waals surface area (Å²) in [5, 5.41) is 8.35. The number of nitrogens with one attached hydrogen (secondary N) is 1. The van der Waals surface area contributed by atoms with E-state index in [0.29, 0.717) is 5.56 Å². The molecule has 0 amide bonds. The fraction of sp³-hybridized carbons (Fsp3) is 0.250. The third kappa shape index (κ3) is 1.94. The minimum Gasteiger partial charge on any atom is -0.329 e. The number of hydrogen-bond acceptors (Lipinski definition) is 3. The maximum Gasteiger partial charge on any atom is 0.248 e. The molecule has 12 heavy (non-hydrogen) atoms. The molecule has 1 unspecified atom stereocenters. The molecule has 0 fully saturated rings. The summed E-state index contributed by atoms with van der Waals surface area (Å²) in [5.41, 5.74) is 6.10. The number of pyridine rings is 1. The van der Waals surface area contributed by atoms with E-state index in [1.165, 1.54) is 12.3 Å². The first-order valence-corrected chi connectivity index (χ1v) is 3.55. The molecule has 0 aromatic carbocycles. The molecule has 0 aliphatic carbocycles. The molecular formula is C8H9N3O. The lowest BCUT2D eigenvalue weighted by Crippen LogP contribution is -2.13. The Morgan fingerprint density at radius 3 is 3.08 bits per heavy atom. The van der Waals surface area contributed by atoms with Gasteiger partial charge < -0.3 is 10.7 Å². The molecule has 0 spiro atoms. The lowest BCUT2D eigenvalue weighted by Gasteiger charge is -2.05. The quantitative estimate of drug-likeness (QED) is 0.657. The van der Waals surface area contributed by atoms with E-state index in [2.05, 4.69) is 4.98 Å². The van der Waals surface area contributed by atoms with Crippen LogP contribution in [0.1, 0.15) is 18.0 Å². The van der Waals surface area contributed by atoms with Gasteiger partial charge in [-0.25, -0.2) is 0 Å². The highest BCUT2D eigenvalue weighted by Gasteiger charge is 2.04. The standard InChI is InChI=1S/C8H9N3O/c9-3-1-7(10)6-2-4-11-8(12)5-6/h2,4-5,7H,1,10H2,(H,11,12). The lowest BCUT2D eigenvalue weighted by molar-refractivity contribution is 0.745. The second kappa shape index (κ2) is 3.69. The second-order valence-electron chi connectivity index (χ2n) is 2.45. The Bertz CT molecular complexity index is 350. The van der Waals surface area contributed by atoms with Crippen molar-refractivity contribution in [3.63, 3.8) is 0 Å². The number of rotatable bonds is 2. The van der Waals surface area contributed by atoms with Crippen LogP contribution >= 0.6 is 0 Å². The van der Waals surface area contributed by atoms with Crippen molar-refractivity contribution >= 4 is 0 Å². The van der Waals surface area contributed by atoms with Crippen LogP contribution in [0.5, 0.6) is 0 Å². The Kier molecular flexibility index (Phi) is 2.62. The summed E-state index contributed by atoms with van der Waals surface area (Å²) in [6.45, 7) is 0. The smallest absolute Gasteiger partial charge is 0.248 e. The van der Waals surface area contributed by atoms with Gasteiger partial charge in [0.1, 0.15) is 0 Å². The molecule has 3 N–H and O–H groups in total. The Labute approximate surface area is 69.6 Å². The molecule has 1 heterocycles. The Balaban J connectivity index is 2.89. The molecule has 0 aliphatic heterocycles. The lowest BCUT2D eigenvalue weighted by atomic mass is 10.1. The zero-order valence-corrected chi connectivity index (χ0v) is 6.45. The van der Waals surface area contributed by atoms with Crippen molar-refractivity contribution in [3.05, 3.63) is 34.2 Å². The van der Waals surface area contributed by atoms with Crippen LogP contribution in [-0.2, 0) is 0 Å². The molecule has 0 aliphatic rings. The van der Waals surface area contributed by atoms with Crippen molar-refractivity contribution in [2.24, 2.45) is 5.73 Å². The van der Waals surface area contributed by atoms with Crippen LogP contribution in [0.3, 0.4) is 0 Å². The van der Waals surface area contributed by atoms with Crippen molar-refractivity contribution in [1.29, 1.82) is 5.26 Å². The molecule has 0 bridgehead atoms. The number of nitriles is 1. The number of nitrogens with zero attached hydrogens (tertiary/aromatic N) is 1. The Morgan fingerprint density at radius 1 is 1.75 bits per heavy atom. The predicted octanol–water partition coefficient (Wildman–Crippen LogP) is 0.288. The third-order valence-corrected chi connectivity index (χ3v) is 1.54.